The van der Waals surface area contributed by atoms with Crippen molar-refractivity contribution in [3.8, 4) is 11.5 Å². The van der Waals surface area contributed by atoms with Crippen LogP contribution in [0.25, 0.3) is 0 Å². The molecule has 1 aliphatic carbocycles. The molecule has 1 saturated heterocycles. The number of hydrogen-bond donors (Lipinski definition) is 2. The molecule has 1 atom stereocenters. The number of hydrogen-bond acceptors (Lipinski definition) is 5. The monoisotopic (exact) mass is 361 g/mol. The molecule has 3 rings (SSSR count). The molecular formula is C18H23N3O5. The van der Waals surface area contributed by atoms with E-state index in [2.05, 4.69) is 10.6 Å². The Morgan fingerprint density at radius 3 is 2.46 bits per heavy atom. The van der Waals surface area contributed by atoms with Crippen LogP contribution >= 0.6 is 0 Å². The van der Waals surface area contributed by atoms with Crippen molar-refractivity contribution < 1.29 is 23.9 Å². The lowest BCUT2D eigenvalue weighted by Crippen LogP contribution is -2.46. The van der Waals surface area contributed by atoms with Gasteiger partial charge in [-0.15, -0.1) is 0 Å². The number of aryl methyl sites for hydroxylation is 1. The maximum Gasteiger partial charge on any atom is 0.325 e. The van der Waals surface area contributed by atoms with Crippen LogP contribution in [0.1, 0.15) is 25.3 Å². The SMILES string of the molecule is COc1cc(C)c(NC(=O)CN2C(=O)NC(C)(C3CC3)C2=O)cc1OC. The van der Waals surface area contributed by atoms with E-state index >= 15 is 0 Å². The van der Waals surface area contributed by atoms with Gasteiger partial charge in [-0.25, -0.2) is 4.79 Å². The van der Waals surface area contributed by atoms with Crippen molar-refractivity contribution in [2.75, 3.05) is 26.1 Å². The number of nitrogens with zero attached hydrogens (tertiary/aromatic N) is 1. The predicted molar refractivity (Wildman–Crippen MR) is 94.3 cm³/mol. The summed E-state index contributed by atoms with van der Waals surface area (Å²) < 4.78 is 10.5. The molecule has 0 bridgehead atoms. The summed E-state index contributed by atoms with van der Waals surface area (Å²) in [6, 6.07) is 2.86. The highest BCUT2D eigenvalue weighted by Gasteiger charge is 2.56. The molecule has 2 aliphatic rings. The molecule has 26 heavy (non-hydrogen) atoms. The number of benzene rings is 1. The maximum absolute atomic E-state index is 12.6. The standard InChI is InChI=1S/C18H23N3O5/c1-10-7-13(25-3)14(26-4)8-12(10)19-15(22)9-21-16(23)18(2,11-5-6-11)20-17(21)24/h7-8,11H,5-6,9H2,1-4H3,(H,19,22)(H,20,24). The van der Waals surface area contributed by atoms with Crippen LogP contribution in [-0.2, 0) is 9.59 Å². The van der Waals surface area contributed by atoms with Gasteiger partial charge < -0.3 is 20.1 Å². The summed E-state index contributed by atoms with van der Waals surface area (Å²) in [5.41, 5.74) is 0.414. The number of methoxy groups -OCH3 is 2. The van der Waals surface area contributed by atoms with Crippen LogP contribution in [0.4, 0.5) is 10.5 Å². The third-order valence-corrected chi connectivity index (χ3v) is 5.00. The van der Waals surface area contributed by atoms with Crippen molar-refractivity contribution in [2.45, 2.75) is 32.2 Å². The number of anilines is 1. The first kappa shape index (κ1) is 18.0. The molecule has 1 unspecified atom stereocenters. The maximum atomic E-state index is 12.6. The normalized spacial score (nSPS) is 22.2. The van der Waals surface area contributed by atoms with Gasteiger partial charge in [-0.2, -0.15) is 0 Å². The number of rotatable bonds is 6. The molecule has 8 heteroatoms. The van der Waals surface area contributed by atoms with Gasteiger partial charge in [-0.3, -0.25) is 14.5 Å². The van der Waals surface area contributed by atoms with Crippen molar-refractivity contribution in [2.24, 2.45) is 5.92 Å². The van der Waals surface area contributed by atoms with E-state index in [0.717, 1.165) is 23.3 Å². The minimum Gasteiger partial charge on any atom is -0.493 e. The van der Waals surface area contributed by atoms with Crippen molar-refractivity contribution in [1.82, 2.24) is 10.2 Å². The van der Waals surface area contributed by atoms with E-state index in [4.69, 9.17) is 9.47 Å². The second-order valence-corrected chi connectivity index (χ2v) is 6.87. The summed E-state index contributed by atoms with van der Waals surface area (Å²) in [5.74, 6) is 0.384. The third kappa shape index (κ3) is 3.07. The molecule has 0 radical (unpaired) electrons. The second kappa shape index (κ2) is 6.51. The first-order valence-corrected chi connectivity index (χ1v) is 8.46. The van der Waals surface area contributed by atoms with Gasteiger partial charge in [0.05, 0.1) is 14.2 Å². The van der Waals surface area contributed by atoms with E-state index in [1.54, 1.807) is 19.1 Å². The Kier molecular flexibility index (Phi) is 4.52. The largest absolute Gasteiger partial charge is 0.493 e. The number of amides is 4. The molecule has 8 nitrogen and oxygen atoms in total. The van der Waals surface area contributed by atoms with E-state index in [-0.39, 0.29) is 18.4 Å². The van der Waals surface area contributed by atoms with Gasteiger partial charge >= 0.3 is 6.03 Å². The van der Waals surface area contributed by atoms with Crippen LogP contribution in [0, 0.1) is 12.8 Å². The van der Waals surface area contributed by atoms with Gasteiger partial charge in [0.1, 0.15) is 12.1 Å². The van der Waals surface area contributed by atoms with Gasteiger partial charge in [0.2, 0.25) is 5.91 Å². The summed E-state index contributed by atoms with van der Waals surface area (Å²) in [7, 11) is 3.04. The fourth-order valence-electron chi connectivity index (χ4n) is 3.25. The van der Waals surface area contributed by atoms with Crippen molar-refractivity contribution >= 4 is 23.5 Å². The van der Waals surface area contributed by atoms with Gasteiger partial charge in [0, 0.05) is 11.8 Å². The second-order valence-electron chi connectivity index (χ2n) is 6.87. The topological polar surface area (TPSA) is 97.0 Å². The summed E-state index contributed by atoms with van der Waals surface area (Å²) in [4.78, 5) is 38.1. The zero-order valence-electron chi connectivity index (χ0n) is 15.3. The molecule has 2 fully saturated rings. The van der Waals surface area contributed by atoms with Gasteiger partial charge in [0.15, 0.2) is 11.5 Å². The molecule has 140 valence electrons. The van der Waals surface area contributed by atoms with E-state index < -0.39 is 17.5 Å². The fourth-order valence-corrected chi connectivity index (χ4v) is 3.25. The van der Waals surface area contributed by atoms with Crippen LogP contribution in [0.2, 0.25) is 0 Å². The lowest BCUT2D eigenvalue weighted by Gasteiger charge is -2.21. The third-order valence-electron chi connectivity index (χ3n) is 5.00. The summed E-state index contributed by atoms with van der Waals surface area (Å²) in [5, 5.41) is 5.45. The van der Waals surface area contributed by atoms with Crippen LogP contribution < -0.4 is 20.1 Å². The number of imide groups is 1. The molecule has 1 aromatic rings. The Balaban J connectivity index is 1.71. The number of carbonyl (C=O) groups excluding carboxylic acids is 3. The van der Waals surface area contributed by atoms with Gasteiger partial charge in [-0.05, 0) is 44.2 Å². The zero-order valence-corrected chi connectivity index (χ0v) is 15.3. The van der Waals surface area contributed by atoms with Crippen LogP contribution in [-0.4, -0.2) is 49.0 Å². The lowest BCUT2D eigenvalue weighted by molar-refractivity contribution is -0.134. The minimum absolute atomic E-state index is 0.153. The Hall–Kier alpha value is -2.77. The Morgan fingerprint density at radius 2 is 1.88 bits per heavy atom. The summed E-state index contributed by atoms with van der Waals surface area (Å²) >= 11 is 0. The molecule has 1 aromatic carbocycles. The molecule has 1 saturated carbocycles. The number of nitrogens with one attached hydrogen (secondary N) is 2. The molecule has 0 spiro atoms. The molecule has 1 aliphatic heterocycles. The highest BCUT2D eigenvalue weighted by molar-refractivity contribution is 6.10. The Labute approximate surface area is 151 Å². The Bertz CT molecular complexity index is 774. The van der Waals surface area contributed by atoms with E-state index in [1.165, 1.54) is 14.2 Å². The van der Waals surface area contributed by atoms with Gasteiger partial charge in [0.25, 0.3) is 5.91 Å². The Morgan fingerprint density at radius 1 is 1.27 bits per heavy atom. The number of ether oxygens (including phenoxy) is 2. The van der Waals surface area contributed by atoms with E-state index in [1.807, 2.05) is 6.92 Å². The fraction of sp³-hybridized carbons (Fsp3) is 0.500. The lowest BCUT2D eigenvalue weighted by atomic mass is 9.96. The first-order valence-electron chi connectivity index (χ1n) is 8.46. The molecule has 4 amide bonds. The smallest absolute Gasteiger partial charge is 0.325 e. The van der Waals surface area contributed by atoms with E-state index in [0.29, 0.717) is 17.2 Å². The van der Waals surface area contributed by atoms with Crippen molar-refractivity contribution in [3.05, 3.63) is 17.7 Å². The predicted octanol–water partition coefficient (Wildman–Crippen LogP) is 1.67. The highest BCUT2D eigenvalue weighted by Crippen LogP contribution is 2.42. The van der Waals surface area contributed by atoms with E-state index in [9.17, 15) is 14.4 Å². The minimum atomic E-state index is -0.892. The van der Waals surface area contributed by atoms with Crippen LogP contribution in [0.3, 0.4) is 0 Å². The number of urea groups is 1. The first-order chi connectivity index (χ1) is 12.3. The van der Waals surface area contributed by atoms with Crippen molar-refractivity contribution in [1.29, 1.82) is 0 Å². The molecule has 1 heterocycles. The quantitative estimate of drug-likeness (QED) is 0.751. The van der Waals surface area contributed by atoms with Crippen molar-refractivity contribution in [3.63, 3.8) is 0 Å². The highest BCUT2D eigenvalue weighted by atomic mass is 16.5. The molecule has 0 aromatic heterocycles. The molecular weight excluding hydrogens is 338 g/mol. The average Bonchev–Trinajstić information content (AvgIpc) is 3.42. The zero-order chi connectivity index (χ0) is 19.1. The summed E-state index contributed by atoms with van der Waals surface area (Å²) in [6.07, 6.45) is 1.82. The summed E-state index contributed by atoms with van der Waals surface area (Å²) in [6.45, 7) is 3.21. The van der Waals surface area contributed by atoms with Crippen LogP contribution in [0.5, 0.6) is 11.5 Å². The van der Waals surface area contributed by atoms with Crippen LogP contribution in [0.15, 0.2) is 12.1 Å². The van der Waals surface area contributed by atoms with Gasteiger partial charge in [-0.1, -0.05) is 0 Å². The molecule has 2 N–H and O–H groups in total. The average molecular weight is 361 g/mol. The number of carbonyl (C=O) groups is 3.